The summed E-state index contributed by atoms with van der Waals surface area (Å²) >= 11 is 0. The SMILES string of the molecule is O=C(OCCO)c1cccc(S(=O)(=O)N2CCCC2)c1. The van der Waals surface area contributed by atoms with E-state index < -0.39 is 16.0 Å². The third kappa shape index (κ3) is 3.17. The summed E-state index contributed by atoms with van der Waals surface area (Å²) < 4.78 is 30.9. The smallest absolute Gasteiger partial charge is 0.338 e. The van der Waals surface area contributed by atoms with Crippen molar-refractivity contribution in [1.29, 1.82) is 0 Å². The van der Waals surface area contributed by atoms with Crippen LogP contribution in [0.4, 0.5) is 0 Å². The topological polar surface area (TPSA) is 83.9 Å². The van der Waals surface area contributed by atoms with E-state index >= 15 is 0 Å². The van der Waals surface area contributed by atoms with Gasteiger partial charge in [-0.1, -0.05) is 6.07 Å². The minimum Gasteiger partial charge on any atom is -0.460 e. The van der Waals surface area contributed by atoms with Crippen molar-refractivity contribution >= 4 is 16.0 Å². The van der Waals surface area contributed by atoms with E-state index in [4.69, 9.17) is 9.84 Å². The summed E-state index contributed by atoms with van der Waals surface area (Å²) in [7, 11) is -3.54. The number of esters is 1. The molecular weight excluding hydrogens is 282 g/mol. The molecule has 0 spiro atoms. The number of aliphatic hydroxyl groups is 1. The molecule has 7 heteroatoms. The van der Waals surface area contributed by atoms with Crippen LogP contribution in [0.2, 0.25) is 0 Å². The van der Waals surface area contributed by atoms with Gasteiger partial charge in [-0.15, -0.1) is 0 Å². The number of aliphatic hydroxyl groups excluding tert-OH is 1. The predicted molar refractivity (Wildman–Crippen MR) is 71.8 cm³/mol. The molecule has 20 heavy (non-hydrogen) atoms. The molecule has 1 aromatic carbocycles. The third-order valence-electron chi connectivity index (χ3n) is 3.10. The number of carbonyl (C=O) groups excluding carboxylic acids is 1. The van der Waals surface area contributed by atoms with Gasteiger partial charge in [0.2, 0.25) is 10.0 Å². The molecule has 0 saturated carbocycles. The van der Waals surface area contributed by atoms with Gasteiger partial charge in [-0.2, -0.15) is 4.31 Å². The van der Waals surface area contributed by atoms with Crippen molar-refractivity contribution in [3.63, 3.8) is 0 Å². The van der Waals surface area contributed by atoms with Crippen LogP contribution in [0, 0.1) is 0 Å². The molecule has 1 fully saturated rings. The van der Waals surface area contributed by atoms with Gasteiger partial charge in [-0.25, -0.2) is 13.2 Å². The Balaban J connectivity index is 2.23. The van der Waals surface area contributed by atoms with Gasteiger partial charge in [0.05, 0.1) is 17.1 Å². The number of nitrogens with zero attached hydrogens (tertiary/aromatic N) is 1. The van der Waals surface area contributed by atoms with Crippen LogP contribution >= 0.6 is 0 Å². The molecule has 1 aliphatic rings. The van der Waals surface area contributed by atoms with Crippen LogP contribution < -0.4 is 0 Å². The molecule has 6 nitrogen and oxygen atoms in total. The van der Waals surface area contributed by atoms with Gasteiger partial charge >= 0.3 is 5.97 Å². The Labute approximate surface area is 118 Å². The zero-order chi connectivity index (χ0) is 14.6. The van der Waals surface area contributed by atoms with Gasteiger partial charge in [0.25, 0.3) is 0 Å². The maximum Gasteiger partial charge on any atom is 0.338 e. The average molecular weight is 299 g/mol. The zero-order valence-corrected chi connectivity index (χ0v) is 11.8. The summed E-state index contributed by atoms with van der Waals surface area (Å²) in [5.74, 6) is -0.641. The van der Waals surface area contributed by atoms with E-state index in [2.05, 4.69) is 0 Å². The Bertz CT molecular complexity index is 578. The number of benzene rings is 1. The van der Waals surface area contributed by atoms with Crippen molar-refractivity contribution in [2.75, 3.05) is 26.3 Å². The lowest BCUT2D eigenvalue weighted by Crippen LogP contribution is -2.28. The molecule has 0 aliphatic carbocycles. The van der Waals surface area contributed by atoms with Crippen LogP contribution in [0.3, 0.4) is 0 Å². The number of hydrogen-bond donors (Lipinski definition) is 1. The van der Waals surface area contributed by atoms with Crippen LogP contribution in [0.15, 0.2) is 29.2 Å². The summed E-state index contributed by atoms with van der Waals surface area (Å²) in [4.78, 5) is 11.8. The lowest BCUT2D eigenvalue weighted by molar-refractivity contribution is 0.0433. The van der Waals surface area contributed by atoms with Crippen molar-refractivity contribution in [2.24, 2.45) is 0 Å². The first-order chi connectivity index (χ1) is 9.55. The normalized spacial score (nSPS) is 16.2. The lowest BCUT2D eigenvalue weighted by atomic mass is 10.2. The highest BCUT2D eigenvalue weighted by Crippen LogP contribution is 2.21. The minimum absolute atomic E-state index is 0.0952. The Morgan fingerprint density at radius 3 is 2.65 bits per heavy atom. The van der Waals surface area contributed by atoms with Crippen molar-refractivity contribution < 1.29 is 23.1 Å². The van der Waals surface area contributed by atoms with Gasteiger partial charge in [-0.05, 0) is 31.0 Å². The monoisotopic (exact) mass is 299 g/mol. The van der Waals surface area contributed by atoms with E-state index in [0.29, 0.717) is 13.1 Å². The quantitative estimate of drug-likeness (QED) is 0.806. The first-order valence-corrected chi connectivity index (χ1v) is 7.88. The van der Waals surface area contributed by atoms with Gasteiger partial charge in [0, 0.05) is 13.1 Å². The van der Waals surface area contributed by atoms with E-state index in [0.717, 1.165) is 12.8 Å². The van der Waals surface area contributed by atoms with E-state index in [9.17, 15) is 13.2 Å². The first kappa shape index (κ1) is 15.0. The molecule has 1 aromatic rings. The molecule has 0 bridgehead atoms. The van der Waals surface area contributed by atoms with E-state index in [1.165, 1.54) is 28.6 Å². The highest BCUT2D eigenvalue weighted by molar-refractivity contribution is 7.89. The fourth-order valence-corrected chi connectivity index (χ4v) is 3.65. The fraction of sp³-hybridized carbons (Fsp3) is 0.462. The summed E-state index contributed by atoms with van der Waals surface area (Å²) in [6.07, 6.45) is 1.72. The highest BCUT2D eigenvalue weighted by Gasteiger charge is 2.27. The second-order valence-electron chi connectivity index (χ2n) is 4.50. The molecule has 0 aromatic heterocycles. The molecule has 1 aliphatic heterocycles. The Kier molecular flexibility index (Phi) is 4.74. The maximum atomic E-state index is 12.4. The van der Waals surface area contributed by atoms with Crippen LogP contribution in [-0.2, 0) is 14.8 Å². The summed E-state index contributed by atoms with van der Waals surface area (Å²) in [5.41, 5.74) is 0.165. The van der Waals surface area contributed by atoms with Gasteiger partial charge in [0.1, 0.15) is 6.61 Å². The summed E-state index contributed by atoms with van der Waals surface area (Å²) in [5, 5.41) is 8.61. The Morgan fingerprint density at radius 2 is 2.00 bits per heavy atom. The molecule has 1 heterocycles. The van der Waals surface area contributed by atoms with Crippen LogP contribution in [0.5, 0.6) is 0 Å². The van der Waals surface area contributed by atoms with Gasteiger partial charge < -0.3 is 9.84 Å². The molecule has 0 radical (unpaired) electrons. The molecule has 0 amide bonds. The van der Waals surface area contributed by atoms with Gasteiger partial charge in [0.15, 0.2) is 0 Å². The standard InChI is InChI=1S/C13H17NO5S/c15-8-9-19-13(16)11-4-3-5-12(10-11)20(17,18)14-6-1-2-7-14/h3-5,10,15H,1-2,6-9H2. The number of carbonyl (C=O) groups is 1. The number of ether oxygens (including phenoxy) is 1. The van der Waals surface area contributed by atoms with Crippen molar-refractivity contribution in [3.05, 3.63) is 29.8 Å². The van der Waals surface area contributed by atoms with E-state index in [1.807, 2.05) is 0 Å². The largest absolute Gasteiger partial charge is 0.460 e. The van der Waals surface area contributed by atoms with Crippen molar-refractivity contribution in [1.82, 2.24) is 4.31 Å². The van der Waals surface area contributed by atoms with Gasteiger partial charge in [-0.3, -0.25) is 0 Å². The maximum absolute atomic E-state index is 12.4. The molecule has 0 unspecified atom stereocenters. The number of sulfonamides is 1. The average Bonchev–Trinajstić information content (AvgIpc) is 2.99. The second-order valence-corrected chi connectivity index (χ2v) is 6.44. The first-order valence-electron chi connectivity index (χ1n) is 6.44. The second kappa shape index (κ2) is 6.34. The fourth-order valence-electron chi connectivity index (χ4n) is 2.08. The molecule has 0 atom stereocenters. The Morgan fingerprint density at radius 1 is 1.30 bits per heavy atom. The van der Waals surface area contributed by atoms with Crippen LogP contribution in [-0.4, -0.2) is 50.1 Å². The molecular formula is C13H17NO5S. The summed E-state index contributed by atoms with van der Waals surface area (Å²) in [6.45, 7) is 0.655. The van der Waals surface area contributed by atoms with Crippen LogP contribution in [0.1, 0.15) is 23.2 Å². The van der Waals surface area contributed by atoms with E-state index in [-0.39, 0.29) is 23.7 Å². The van der Waals surface area contributed by atoms with Crippen molar-refractivity contribution in [3.8, 4) is 0 Å². The molecule has 1 saturated heterocycles. The molecule has 110 valence electrons. The minimum atomic E-state index is -3.54. The van der Waals surface area contributed by atoms with Crippen molar-refractivity contribution in [2.45, 2.75) is 17.7 Å². The summed E-state index contributed by atoms with van der Waals surface area (Å²) in [6, 6.07) is 5.78. The molecule has 2 rings (SSSR count). The zero-order valence-electron chi connectivity index (χ0n) is 11.0. The molecule has 1 N–H and O–H groups in total. The third-order valence-corrected chi connectivity index (χ3v) is 4.99. The number of rotatable bonds is 5. The lowest BCUT2D eigenvalue weighted by Gasteiger charge is -2.15. The highest BCUT2D eigenvalue weighted by atomic mass is 32.2. The predicted octanol–water partition coefficient (Wildman–Crippen LogP) is 0.620. The van der Waals surface area contributed by atoms with Crippen LogP contribution in [0.25, 0.3) is 0 Å². The number of hydrogen-bond acceptors (Lipinski definition) is 5. The van der Waals surface area contributed by atoms with E-state index in [1.54, 1.807) is 0 Å². The Hall–Kier alpha value is -1.44.